The second-order valence-corrected chi connectivity index (χ2v) is 6.74. The molecule has 0 amide bonds. The van der Waals surface area contributed by atoms with Gasteiger partial charge < -0.3 is 15.3 Å². The molecule has 0 saturated heterocycles. The van der Waals surface area contributed by atoms with E-state index in [4.69, 9.17) is 15.3 Å². The Morgan fingerprint density at radius 2 is 2.00 bits per heavy atom. The Labute approximate surface area is 135 Å². The topological polar surface area (TPSA) is 98.5 Å². The minimum atomic E-state index is -0.691. The van der Waals surface area contributed by atoms with Crippen LogP contribution in [-0.2, 0) is 18.4 Å². The van der Waals surface area contributed by atoms with Gasteiger partial charge in [-0.1, -0.05) is 26.8 Å². The number of nitrogens with two attached hydrogens (primary N) is 1. The second-order valence-electron chi connectivity index (χ2n) is 6.74. The van der Waals surface area contributed by atoms with Crippen molar-refractivity contribution in [3.05, 3.63) is 34.3 Å². The van der Waals surface area contributed by atoms with E-state index >= 15 is 0 Å². The molecule has 6 nitrogen and oxygen atoms in total. The Balaban J connectivity index is 0.000000241. The molecule has 1 aromatic heterocycles. The van der Waals surface area contributed by atoms with E-state index in [2.05, 4.69) is 20.8 Å². The minimum absolute atomic E-state index is 0.273. The van der Waals surface area contributed by atoms with Crippen molar-refractivity contribution in [2.24, 2.45) is 18.2 Å². The maximum atomic E-state index is 11.1. The Bertz CT molecular complexity index is 707. The fourth-order valence-electron chi connectivity index (χ4n) is 2.08. The fourth-order valence-corrected chi connectivity index (χ4v) is 2.08. The summed E-state index contributed by atoms with van der Waals surface area (Å²) in [5.74, 6) is -1.03. The number of carboxylic acids is 1. The molecule has 0 spiro atoms. The van der Waals surface area contributed by atoms with Crippen LogP contribution in [0, 0.1) is 5.41 Å². The van der Waals surface area contributed by atoms with Gasteiger partial charge in [0.2, 0.25) is 0 Å². The first-order chi connectivity index (χ1) is 10.6. The summed E-state index contributed by atoms with van der Waals surface area (Å²) in [6.07, 6.45) is 2.08. The Morgan fingerprint density at radius 1 is 1.35 bits per heavy atom. The zero-order valence-corrected chi connectivity index (χ0v) is 14.3. The van der Waals surface area contributed by atoms with Gasteiger partial charge in [0.15, 0.2) is 5.58 Å². The molecule has 0 aliphatic rings. The van der Waals surface area contributed by atoms with E-state index in [-0.39, 0.29) is 11.2 Å². The normalized spacial score (nSPS) is 11.2. The lowest BCUT2D eigenvalue weighted by atomic mass is 9.90. The van der Waals surface area contributed by atoms with Gasteiger partial charge in [-0.15, -0.1) is 0 Å². The number of aryl methyl sites for hydroxylation is 1. The highest BCUT2D eigenvalue weighted by molar-refractivity contribution is 5.73. The maximum absolute atomic E-state index is 11.1. The summed E-state index contributed by atoms with van der Waals surface area (Å²) < 4.78 is 6.46. The van der Waals surface area contributed by atoms with Crippen molar-refractivity contribution in [2.75, 3.05) is 0 Å². The summed E-state index contributed by atoms with van der Waals surface area (Å²) in [6, 6.07) is 5.51. The standard InChI is InChI=1S/C9H10N2O2.C8H16O2/c1-11-7-3-2-6(5-10)4-8(7)13-9(11)12;1-8(2,3)6-4-5-7(9)10/h2-4H,5,10H2,1H3;4-6H2,1-3H3,(H,9,10). The van der Waals surface area contributed by atoms with Crippen molar-refractivity contribution in [3.63, 3.8) is 0 Å². The number of hydrogen-bond acceptors (Lipinski definition) is 4. The van der Waals surface area contributed by atoms with Crippen molar-refractivity contribution in [3.8, 4) is 0 Å². The van der Waals surface area contributed by atoms with Crippen LogP contribution < -0.4 is 11.5 Å². The molecule has 0 radical (unpaired) electrons. The number of benzene rings is 1. The molecule has 1 heterocycles. The van der Waals surface area contributed by atoms with E-state index < -0.39 is 5.97 Å². The van der Waals surface area contributed by atoms with Crippen molar-refractivity contribution in [1.82, 2.24) is 4.57 Å². The molecule has 1 aromatic carbocycles. The SMILES string of the molecule is CC(C)(C)CCCC(=O)O.Cn1c(=O)oc2cc(CN)ccc21. The maximum Gasteiger partial charge on any atom is 0.419 e. The van der Waals surface area contributed by atoms with Crippen LogP contribution in [0.3, 0.4) is 0 Å². The number of aromatic nitrogens is 1. The zero-order chi connectivity index (χ0) is 17.6. The van der Waals surface area contributed by atoms with Gasteiger partial charge in [0.05, 0.1) is 5.52 Å². The van der Waals surface area contributed by atoms with Crippen molar-refractivity contribution in [1.29, 1.82) is 0 Å². The van der Waals surface area contributed by atoms with E-state index in [0.29, 0.717) is 18.5 Å². The summed E-state index contributed by atoms with van der Waals surface area (Å²) in [4.78, 5) is 21.2. The number of oxazole rings is 1. The van der Waals surface area contributed by atoms with Gasteiger partial charge in [0, 0.05) is 20.0 Å². The van der Waals surface area contributed by atoms with Crippen molar-refractivity contribution < 1.29 is 14.3 Å². The van der Waals surface area contributed by atoms with Crippen molar-refractivity contribution in [2.45, 2.75) is 46.6 Å². The van der Waals surface area contributed by atoms with Gasteiger partial charge in [-0.2, -0.15) is 0 Å². The van der Waals surface area contributed by atoms with Gasteiger partial charge in [0.25, 0.3) is 0 Å². The molecule has 6 heteroatoms. The van der Waals surface area contributed by atoms with Crippen LogP contribution in [0.2, 0.25) is 0 Å². The van der Waals surface area contributed by atoms with Gasteiger partial charge in [-0.3, -0.25) is 9.36 Å². The fraction of sp³-hybridized carbons (Fsp3) is 0.529. The monoisotopic (exact) mass is 322 g/mol. The highest BCUT2D eigenvalue weighted by Gasteiger charge is 2.10. The predicted molar refractivity (Wildman–Crippen MR) is 90.3 cm³/mol. The van der Waals surface area contributed by atoms with Crippen LogP contribution in [0.4, 0.5) is 0 Å². The molecule has 0 aliphatic heterocycles. The summed E-state index contributed by atoms with van der Waals surface area (Å²) in [6.45, 7) is 6.81. The van der Waals surface area contributed by atoms with E-state index in [1.165, 1.54) is 4.57 Å². The van der Waals surface area contributed by atoms with Crippen LogP contribution in [0.5, 0.6) is 0 Å². The summed E-state index contributed by atoms with van der Waals surface area (Å²) in [5, 5.41) is 8.31. The first-order valence-electron chi connectivity index (χ1n) is 7.64. The Morgan fingerprint density at radius 3 is 2.52 bits per heavy atom. The van der Waals surface area contributed by atoms with Gasteiger partial charge >= 0.3 is 11.7 Å². The van der Waals surface area contributed by atoms with E-state index in [1.54, 1.807) is 13.1 Å². The van der Waals surface area contributed by atoms with Crippen molar-refractivity contribution >= 4 is 17.1 Å². The largest absolute Gasteiger partial charge is 0.481 e. The molecule has 0 bridgehead atoms. The average Bonchev–Trinajstić information content (AvgIpc) is 2.72. The first kappa shape index (κ1) is 19.0. The quantitative estimate of drug-likeness (QED) is 0.902. The molecule has 3 N–H and O–H groups in total. The lowest BCUT2D eigenvalue weighted by molar-refractivity contribution is -0.137. The van der Waals surface area contributed by atoms with E-state index in [0.717, 1.165) is 23.9 Å². The zero-order valence-electron chi connectivity index (χ0n) is 14.3. The second kappa shape index (κ2) is 7.97. The third-order valence-electron chi connectivity index (χ3n) is 3.41. The summed E-state index contributed by atoms with van der Waals surface area (Å²) >= 11 is 0. The third kappa shape index (κ3) is 6.28. The molecule has 0 unspecified atom stereocenters. The molecule has 2 aromatic rings. The van der Waals surface area contributed by atoms with Crippen LogP contribution >= 0.6 is 0 Å². The van der Waals surface area contributed by atoms with E-state index in [9.17, 15) is 9.59 Å². The molecular weight excluding hydrogens is 296 g/mol. The smallest absolute Gasteiger partial charge is 0.419 e. The Hall–Kier alpha value is -2.08. The minimum Gasteiger partial charge on any atom is -0.481 e. The van der Waals surface area contributed by atoms with Gasteiger partial charge in [-0.05, 0) is 36.0 Å². The first-order valence-corrected chi connectivity index (χ1v) is 7.64. The number of fused-ring (bicyclic) bond motifs is 1. The molecule has 0 fully saturated rings. The van der Waals surface area contributed by atoms with Crippen LogP contribution in [-0.4, -0.2) is 15.6 Å². The molecule has 0 atom stereocenters. The summed E-state index contributed by atoms with van der Waals surface area (Å²) in [7, 11) is 1.68. The molecule has 0 aliphatic carbocycles. The highest BCUT2D eigenvalue weighted by atomic mass is 16.4. The van der Waals surface area contributed by atoms with Gasteiger partial charge in [0.1, 0.15) is 0 Å². The number of aliphatic carboxylic acids is 1. The Kier molecular flexibility index (Phi) is 6.57. The number of rotatable bonds is 4. The van der Waals surface area contributed by atoms with E-state index in [1.807, 2.05) is 12.1 Å². The lowest BCUT2D eigenvalue weighted by Crippen LogP contribution is -2.08. The highest BCUT2D eigenvalue weighted by Crippen LogP contribution is 2.21. The number of hydrogen-bond donors (Lipinski definition) is 2. The predicted octanol–water partition coefficient (Wildman–Crippen LogP) is 2.88. The van der Waals surface area contributed by atoms with Crippen LogP contribution in [0.1, 0.15) is 45.6 Å². The molecule has 2 rings (SSSR count). The van der Waals surface area contributed by atoms with Crippen LogP contribution in [0.15, 0.2) is 27.4 Å². The molecular formula is C17H26N2O4. The lowest BCUT2D eigenvalue weighted by Gasteiger charge is -2.16. The summed E-state index contributed by atoms with van der Waals surface area (Å²) in [5.41, 5.74) is 8.08. The van der Waals surface area contributed by atoms with Gasteiger partial charge in [-0.25, -0.2) is 4.79 Å². The number of carboxylic acid groups (broad SMARTS) is 1. The number of carbonyl (C=O) groups is 1. The average molecular weight is 322 g/mol. The van der Waals surface area contributed by atoms with Crippen LogP contribution in [0.25, 0.3) is 11.1 Å². The third-order valence-corrected chi connectivity index (χ3v) is 3.41. The molecule has 23 heavy (non-hydrogen) atoms. The molecule has 0 saturated carbocycles. The number of nitrogens with zero attached hydrogens (tertiary/aromatic N) is 1. The molecule has 128 valence electrons.